The number of hydrogen-bond acceptors (Lipinski definition) is 3. The number of aromatic nitrogens is 1. The van der Waals surface area contributed by atoms with Crippen molar-refractivity contribution in [1.82, 2.24) is 4.98 Å². The Labute approximate surface area is 103 Å². The van der Waals surface area contributed by atoms with E-state index < -0.39 is 0 Å². The molecular formula is C14H22N2O. The molecule has 1 aromatic heterocycles. The van der Waals surface area contributed by atoms with E-state index >= 15 is 0 Å². The van der Waals surface area contributed by atoms with Crippen molar-refractivity contribution < 1.29 is 5.11 Å². The second kappa shape index (κ2) is 5.05. The van der Waals surface area contributed by atoms with Gasteiger partial charge in [0.1, 0.15) is 5.82 Å². The molecule has 94 valence electrons. The first-order valence-corrected chi connectivity index (χ1v) is 6.45. The summed E-state index contributed by atoms with van der Waals surface area (Å²) in [6.07, 6.45) is 1.76. The number of hydrogen-bond donors (Lipinski definition) is 1. The summed E-state index contributed by atoms with van der Waals surface area (Å²) < 4.78 is 0. The zero-order valence-corrected chi connectivity index (χ0v) is 11.0. The Hall–Kier alpha value is -1.09. The maximum absolute atomic E-state index is 9.58. The Morgan fingerprint density at radius 1 is 1.47 bits per heavy atom. The van der Waals surface area contributed by atoms with Gasteiger partial charge in [0.2, 0.25) is 0 Å². The molecule has 0 aliphatic carbocycles. The molecule has 0 saturated carbocycles. The third kappa shape index (κ3) is 3.19. The van der Waals surface area contributed by atoms with Crippen molar-refractivity contribution in [1.29, 1.82) is 0 Å². The maximum Gasteiger partial charge on any atom is 0.129 e. The zero-order chi connectivity index (χ0) is 12.4. The molecule has 0 spiro atoms. The minimum absolute atomic E-state index is 0.189. The molecular weight excluding hydrogens is 212 g/mol. The van der Waals surface area contributed by atoms with E-state index in [2.05, 4.69) is 35.9 Å². The van der Waals surface area contributed by atoms with Gasteiger partial charge in [0.15, 0.2) is 0 Å². The van der Waals surface area contributed by atoms with Crippen LogP contribution in [0.3, 0.4) is 0 Å². The number of aliphatic hydroxyl groups excluding tert-OH is 1. The number of aliphatic hydroxyl groups is 1. The maximum atomic E-state index is 9.58. The van der Waals surface area contributed by atoms with E-state index in [4.69, 9.17) is 0 Å². The molecule has 1 saturated heterocycles. The lowest BCUT2D eigenvalue weighted by Crippen LogP contribution is -2.22. The van der Waals surface area contributed by atoms with Crippen LogP contribution in [0.25, 0.3) is 0 Å². The standard InChI is InChI=1S/C14H22N2O/c1-10(2)6-12-7-11(3)15-14(8-12)16-5-4-13(17)9-16/h7-8,10,13,17H,4-6,9H2,1-3H3/t13-/m0/s1. The molecule has 1 aromatic rings. The summed E-state index contributed by atoms with van der Waals surface area (Å²) in [6, 6.07) is 4.33. The molecule has 3 heteroatoms. The third-order valence-electron chi connectivity index (χ3n) is 3.13. The Morgan fingerprint density at radius 2 is 2.24 bits per heavy atom. The summed E-state index contributed by atoms with van der Waals surface area (Å²) in [4.78, 5) is 6.75. The van der Waals surface area contributed by atoms with Crippen molar-refractivity contribution in [2.24, 2.45) is 5.92 Å². The number of aryl methyl sites for hydroxylation is 1. The largest absolute Gasteiger partial charge is 0.391 e. The van der Waals surface area contributed by atoms with Crippen LogP contribution in [-0.2, 0) is 6.42 Å². The molecule has 2 heterocycles. The summed E-state index contributed by atoms with van der Waals surface area (Å²) >= 11 is 0. The molecule has 0 aromatic carbocycles. The van der Waals surface area contributed by atoms with Crippen LogP contribution in [0.1, 0.15) is 31.5 Å². The van der Waals surface area contributed by atoms with Crippen LogP contribution in [0.2, 0.25) is 0 Å². The second-order valence-electron chi connectivity index (χ2n) is 5.46. The molecule has 0 unspecified atom stereocenters. The van der Waals surface area contributed by atoms with E-state index in [1.165, 1.54) is 5.56 Å². The van der Waals surface area contributed by atoms with E-state index in [0.717, 1.165) is 37.4 Å². The molecule has 2 rings (SSSR count). The van der Waals surface area contributed by atoms with Gasteiger partial charge >= 0.3 is 0 Å². The van der Waals surface area contributed by atoms with Gasteiger partial charge < -0.3 is 10.0 Å². The molecule has 1 fully saturated rings. The molecule has 0 radical (unpaired) electrons. The van der Waals surface area contributed by atoms with Crippen molar-refractivity contribution in [3.05, 3.63) is 23.4 Å². The van der Waals surface area contributed by atoms with Crippen molar-refractivity contribution in [3.8, 4) is 0 Å². The van der Waals surface area contributed by atoms with E-state index in [1.54, 1.807) is 0 Å². The Bertz CT molecular complexity index is 390. The van der Waals surface area contributed by atoms with Gasteiger partial charge in [0.25, 0.3) is 0 Å². The molecule has 1 atom stereocenters. The highest BCUT2D eigenvalue weighted by Gasteiger charge is 2.21. The highest BCUT2D eigenvalue weighted by atomic mass is 16.3. The van der Waals surface area contributed by atoms with E-state index in [1.807, 2.05) is 6.92 Å². The Kier molecular flexibility index (Phi) is 3.67. The van der Waals surface area contributed by atoms with E-state index in [0.29, 0.717) is 5.92 Å². The normalized spacial score (nSPS) is 20.3. The van der Waals surface area contributed by atoms with Crippen molar-refractivity contribution >= 4 is 5.82 Å². The van der Waals surface area contributed by atoms with Gasteiger partial charge in [-0.25, -0.2) is 4.98 Å². The number of anilines is 1. The lowest BCUT2D eigenvalue weighted by Gasteiger charge is -2.18. The van der Waals surface area contributed by atoms with Crippen LogP contribution in [-0.4, -0.2) is 29.3 Å². The smallest absolute Gasteiger partial charge is 0.129 e. The highest BCUT2D eigenvalue weighted by molar-refractivity contribution is 5.44. The average molecular weight is 234 g/mol. The molecule has 0 bridgehead atoms. The van der Waals surface area contributed by atoms with Crippen molar-refractivity contribution in [2.45, 2.75) is 39.7 Å². The van der Waals surface area contributed by atoms with Crippen LogP contribution in [0.5, 0.6) is 0 Å². The fourth-order valence-electron chi connectivity index (χ4n) is 2.42. The van der Waals surface area contributed by atoms with Crippen LogP contribution >= 0.6 is 0 Å². The van der Waals surface area contributed by atoms with Crippen LogP contribution < -0.4 is 4.90 Å². The van der Waals surface area contributed by atoms with Crippen molar-refractivity contribution in [3.63, 3.8) is 0 Å². The molecule has 0 amide bonds. The molecule has 17 heavy (non-hydrogen) atoms. The molecule has 1 aliphatic rings. The first kappa shape index (κ1) is 12.4. The van der Waals surface area contributed by atoms with Gasteiger partial charge in [-0.1, -0.05) is 13.8 Å². The topological polar surface area (TPSA) is 36.4 Å². The Morgan fingerprint density at radius 3 is 2.82 bits per heavy atom. The van der Waals surface area contributed by atoms with Gasteiger partial charge in [-0.15, -0.1) is 0 Å². The van der Waals surface area contributed by atoms with Gasteiger partial charge in [-0.3, -0.25) is 0 Å². The third-order valence-corrected chi connectivity index (χ3v) is 3.13. The summed E-state index contributed by atoms with van der Waals surface area (Å²) in [5, 5.41) is 9.58. The predicted octanol–water partition coefficient (Wildman–Crippen LogP) is 2.16. The predicted molar refractivity (Wildman–Crippen MR) is 70.4 cm³/mol. The summed E-state index contributed by atoms with van der Waals surface area (Å²) in [5.41, 5.74) is 2.42. The highest BCUT2D eigenvalue weighted by Crippen LogP contribution is 2.21. The molecule has 3 nitrogen and oxygen atoms in total. The van der Waals surface area contributed by atoms with Crippen molar-refractivity contribution in [2.75, 3.05) is 18.0 Å². The van der Waals surface area contributed by atoms with Gasteiger partial charge in [-0.05, 0) is 43.4 Å². The lowest BCUT2D eigenvalue weighted by molar-refractivity contribution is 0.198. The fourth-order valence-corrected chi connectivity index (χ4v) is 2.42. The summed E-state index contributed by atoms with van der Waals surface area (Å²) in [6.45, 7) is 8.14. The summed E-state index contributed by atoms with van der Waals surface area (Å²) in [5.74, 6) is 1.69. The van der Waals surface area contributed by atoms with Gasteiger partial charge in [0, 0.05) is 18.8 Å². The zero-order valence-electron chi connectivity index (χ0n) is 11.0. The van der Waals surface area contributed by atoms with Gasteiger partial charge in [-0.2, -0.15) is 0 Å². The van der Waals surface area contributed by atoms with Crippen LogP contribution in [0, 0.1) is 12.8 Å². The van der Waals surface area contributed by atoms with Gasteiger partial charge in [0.05, 0.1) is 6.10 Å². The Balaban J connectivity index is 2.19. The van der Waals surface area contributed by atoms with Crippen LogP contribution in [0.4, 0.5) is 5.82 Å². The monoisotopic (exact) mass is 234 g/mol. The number of rotatable bonds is 3. The fraction of sp³-hybridized carbons (Fsp3) is 0.643. The minimum Gasteiger partial charge on any atom is -0.391 e. The lowest BCUT2D eigenvalue weighted by atomic mass is 10.0. The minimum atomic E-state index is -0.189. The molecule has 1 aliphatic heterocycles. The quantitative estimate of drug-likeness (QED) is 0.870. The first-order valence-electron chi connectivity index (χ1n) is 6.45. The average Bonchev–Trinajstić information content (AvgIpc) is 2.62. The van der Waals surface area contributed by atoms with Crippen LogP contribution in [0.15, 0.2) is 12.1 Å². The second-order valence-corrected chi connectivity index (χ2v) is 5.46. The van der Waals surface area contributed by atoms with E-state index in [9.17, 15) is 5.11 Å². The SMILES string of the molecule is Cc1cc(CC(C)C)cc(N2CC[C@H](O)C2)n1. The number of nitrogens with zero attached hydrogens (tertiary/aromatic N) is 2. The number of β-amino-alcohol motifs (C(OH)–C–C–N with tert-alkyl or cyclic N) is 1. The first-order chi connectivity index (χ1) is 8.04. The number of pyridine rings is 1. The summed E-state index contributed by atoms with van der Waals surface area (Å²) in [7, 11) is 0. The molecule has 1 N–H and O–H groups in total. The van der Waals surface area contributed by atoms with E-state index in [-0.39, 0.29) is 6.10 Å².